The van der Waals surface area contributed by atoms with E-state index in [9.17, 15) is 17.2 Å². The van der Waals surface area contributed by atoms with E-state index in [0.29, 0.717) is 17.0 Å². The number of nitrogens with two attached hydrogens (primary N) is 1. The summed E-state index contributed by atoms with van der Waals surface area (Å²) in [5.41, 5.74) is 6.49. The summed E-state index contributed by atoms with van der Waals surface area (Å²) in [6.45, 7) is 0. The van der Waals surface area contributed by atoms with E-state index < -0.39 is 21.7 Å². The Balaban J connectivity index is 1.80. The van der Waals surface area contributed by atoms with Gasteiger partial charge in [-0.05, 0) is 23.8 Å². The second-order valence-corrected chi connectivity index (χ2v) is 8.69. The first-order valence-electron chi connectivity index (χ1n) is 7.25. The van der Waals surface area contributed by atoms with Crippen LogP contribution in [0.15, 0.2) is 57.8 Å². The minimum atomic E-state index is -3.88. The maximum absolute atomic E-state index is 13.8. The Morgan fingerprint density at radius 3 is 2.65 bits per heavy atom. The second-order valence-electron chi connectivity index (χ2n) is 5.15. The predicted molar refractivity (Wildman–Crippen MR) is 99.7 cm³/mol. The van der Waals surface area contributed by atoms with Crippen LogP contribution in [0.1, 0.15) is 5.56 Å². The van der Waals surface area contributed by atoms with Gasteiger partial charge in [0.1, 0.15) is 11.6 Å². The summed E-state index contributed by atoms with van der Waals surface area (Å²) in [7, 11) is -3.88. The molecule has 0 bridgehead atoms. The molecule has 5 nitrogen and oxygen atoms in total. The number of thioether (sulfide) groups is 1. The summed E-state index contributed by atoms with van der Waals surface area (Å²) < 4.78 is 54.0. The van der Waals surface area contributed by atoms with Gasteiger partial charge in [-0.15, -0.1) is 23.1 Å². The van der Waals surface area contributed by atoms with Crippen LogP contribution in [0.2, 0.25) is 0 Å². The molecule has 0 unspecified atom stereocenters. The Labute approximate surface area is 157 Å². The molecule has 0 amide bonds. The maximum atomic E-state index is 13.8. The van der Waals surface area contributed by atoms with E-state index in [2.05, 4.69) is 9.71 Å². The SMILES string of the molecule is Nc1nc(S(=O)(=O)Nc2ccccc2CSc2ccc(F)cc2F)cs1. The van der Waals surface area contributed by atoms with Gasteiger partial charge in [-0.2, -0.15) is 8.42 Å². The molecule has 0 aliphatic heterocycles. The lowest BCUT2D eigenvalue weighted by molar-refractivity contribution is 0.565. The smallest absolute Gasteiger partial charge is 0.280 e. The van der Waals surface area contributed by atoms with Crippen LogP contribution in [-0.2, 0) is 15.8 Å². The van der Waals surface area contributed by atoms with E-state index in [4.69, 9.17) is 5.73 Å². The third-order valence-corrected chi connectivity index (χ3v) is 6.48. The summed E-state index contributed by atoms with van der Waals surface area (Å²) in [6.07, 6.45) is 0. The number of hydrogen-bond acceptors (Lipinski definition) is 6. The van der Waals surface area contributed by atoms with Crippen molar-refractivity contribution < 1.29 is 17.2 Å². The highest BCUT2D eigenvalue weighted by atomic mass is 32.2. The monoisotopic (exact) mass is 413 g/mol. The van der Waals surface area contributed by atoms with Gasteiger partial charge < -0.3 is 5.73 Å². The van der Waals surface area contributed by atoms with Gasteiger partial charge >= 0.3 is 0 Å². The fourth-order valence-electron chi connectivity index (χ4n) is 2.09. The highest BCUT2D eigenvalue weighted by Crippen LogP contribution is 2.30. The van der Waals surface area contributed by atoms with Crippen molar-refractivity contribution in [3.63, 3.8) is 0 Å². The van der Waals surface area contributed by atoms with Crippen LogP contribution in [0.25, 0.3) is 0 Å². The first kappa shape index (κ1) is 18.6. The quantitative estimate of drug-likeness (QED) is 0.595. The van der Waals surface area contributed by atoms with Gasteiger partial charge in [-0.25, -0.2) is 13.8 Å². The van der Waals surface area contributed by atoms with Crippen LogP contribution < -0.4 is 10.5 Å². The molecule has 0 radical (unpaired) electrons. The average Bonchev–Trinajstić information content (AvgIpc) is 3.02. The number of halogens is 2. The molecule has 10 heteroatoms. The number of thiazole rings is 1. The molecule has 136 valence electrons. The number of nitrogens with one attached hydrogen (secondary N) is 1. The van der Waals surface area contributed by atoms with Crippen LogP contribution in [0, 0.1) is 11.6 Å². The van der Waals surface area contributed by atoms with Crippen molar-refractivity contribution in [2.45, 2.75) is 15.7 Å². The number of aromatic nitrogens is 1. The van der Waals surface area contributed by atoms with Gasteiger partial charge in [-0.3, -0.25) is 4.72 Å². The second kappa shape index (κ2) is 7.60. The molecule has 26 heavy (non-hydrogen) atoms. The number of nitrogens with zero attached hydrogens (tertiary/aromatic N) is 1. The predicted octanol–water partition coefficient (Wildman–Crippen LogP) is 4.10. The Morgan fingerprint density at radius 2 is 1.96 bits per heavy atom. The van der Waals surface area contributed by atoms with Crippen molar-refractivity contribution >= 4 is 43.9 Å². The molecular weight excluding hydrogens is 400 g/mol. The molecule has 0 fully saturated rings. The third-order valence-electron chi connectivity index (χ3n) is 3.31. The molecule has 0 spiro atoms. The molecule has 0 aliphatic carbocycles. The van der Waals surface area contributed by atoms with E-state index in [1.165, 1.54) is 17.5 Å². The minimum absolute atomic E-state index is 0.154. The lowest BCUT2D eigenvalue weighted by Gasteiger charge is -2.11. The maximum Gasteiger partial charge on any atom is 0.280 e. The van der Waals surface area contributed by atoms with Gasteiger partial charge in [0.25, 0.3) is 10.0 Å². The van der Waals surface area contributed by atoms with Gasteiger partial charge in [0.15, 0.2) is 10.2 Å². The van der Waals surface area contributed by atoms with E-state index >= 15 is 0 Å². The van der Waals surface area contributed by atoms with E-state index in [1.54, 1.807) is 24.3 Å². The summed E-state index contributed by atoms with van der Waals surface area (Å²) in [5, 5.41) is 1.34. The molecule has 3 aromatic rings. The zero-order chi connectivity index (χ0) is 18.7. The lowest BCUT2D eigenvalue weighted by Crippen LogP contribution is -2.14. The van der Waals surface area contributed by atoms with Crippen molar-refractivity contribution in [2.75, 3.05) is 10.5 Å². The van der Waals surface area contributed by atoms with Crippen LogP contribution >= 0.6 is 23.1 Å². The van der Waals surface area contributed by atoms with Gasteiger partial charge in [-0.1, -0.05) is 18.2 Å². The molecule has 0 saturated heterocycles. The summed E-state index contributed by atoms with van der Waals surface area (Å²) in [6, 6.07) is 10.1. The first-order chi connectivity index (χ1) is 12.3. The molecule has 3 rings (SSSR count). The Bertz CT molecular complexity index is 1040. The van der Waals surface area contributed by atoms with Crippen LogP contribution in [0.5, 0.6) is 0 Å². The van der Waals surface area contributed by atoms with Crippen LogP contribution in [0.3, 0.4) is 0 Å². The molecule has 1 aromatic heterocycles. The summed E-state index contributed by atoms with van der Waals surface area (Å²) >= 11 is 2.17. The third kappa shape index (κ3) is 4.32. The Kier molecular flexibility index (Phi) is 5.44. The summed E-state index contributed by atoms with van der Waals surface area (Å²) in [5.74, 6) is -1.02. The van der Waals surface area contributed by atoms with Crippen LogP contribution in [0.4, 0.5) is 19.6 Å². The van der Waals surface area contributed by atoms with Crippen molar-refractivity contribution in [3.05, 3.63) is 65.0 Å². The standard InChI is InChI=1S/C16H13F2N3O2S3/c17-11-5-6-14(12(18)7-11)24-8-10-3-1-2-4-13(10)21-26(22,23)15-9-25-16(19)20-15/h1-7,9,21H,8H2,(H2,19,20). The van der Waals surface area contributed by atoms with E-state index in [-0.39, 0.29) is 15.1 Å². The van der Waals surface area contributed by atoms with Crippen LogP contribution in [-0.4, -0.2) is 13.4 Å². The topological polar surface area (TPSA) is 85.1 Å². The zero-order valence-corrected chi connectivity index (χ0v) is 15.6. The number of benzene rings is 2. The van der Waals surface area contributed by atoms with Crippen molar-refractivity contribution in [3.8, 4) is 0 Å². The first-order valence-corrected chi connectivity index (χ1v) is 10.6. The molecule has 0 atom stereocenters. The fourth-order valence-corrected chi connectivity index (χ4v) is 4.96. The molecule has 0 saturated carbocycles. The number of sulfonamides is 1. The molecule has 0 aliphatic rings. The van der Waals surface area contributed by atoms with E-state index in [0.717, 1.165) is 29.2 Å². The number of nitrogen functional groups attached to an aromatic ring is 1. The number of hydrogen-bond donors (Lipinski definition) is 2. The number of rotatable bonds is 6. The molecule has 3 N–H and O–H groups in total. The van der Waals surface area contributed by atoms with Gasteiger partial charge in [0.2, 0.25) is 0 Å². The summed E-state index contributed by atoms with van der Waals surface area (Å²) in [4.78, 5) is 4.05. The highest BCUT2D eigenvalue weighted by Gasteiger charge is 2.19. The molecule has 2 aromatic carbocycles. The van der Waals surface area contributed by atoms with Crippen molar-refractivity contribution in [1.82, 2.24) is 4.98 Å². The zero-order valence-electron chi connectivity index (χ0n) is 13.1. The highest BCUT2D eigenvalue weighted by molar-refractivity contribution is 7.98. The fraction of sp³-hybridized carbons (Fsp3) is 0.0625. The largest absolute Gasteiger partial charge is 0.375 e. The Morgan fingerprint density at radius 1 is 1.19 bits per heavy atom. The number of anilines is 2. The van der Waals surface area contributed by atoms with E-state index in [1.807, 2.05) is 0 Å². The van der Waals surface area contributed by atoms with Gasteiger partial charge in [0.05, 0.1) is 5.69 Å². The van der Waals surface area contributed by atoms with Crippen molar-refractivity contribution in [1.29, 1.82) is 0 Å². The lowest BCUT2D eigenvalue weighted by atomic mass is 10.2. The number of para-hydroxylation sites is 1. The van der Waals surface area contributed by atoms with Gasteiger partial charge in [0, 0.05) is 22.1 Å². The average molecular weight is 413 g/mol. The normalized spacial score (nSPS) is 11.5. The molecular formula is C16H13F2N3O2S3. The Hall–Kier alpha value is -2.17. The van der Waals surface area contributed by atoms with Crippen molar-refractivity contribution in [2.24, 2.45) is 0 Å². The minimum Gasteiger partial charge on any atom is -0.375 e. The molecule has 1 heterocycles.